The summed E-state index contributed by atoms with van der Waals surface area (Å²) < 4.78 is 58.0. The molecule has 1 rings (SSSR count). The molecule has 1 fully saturated rings. The minimum atomic E-state index is -5.04. The van der Waals surface area contributed by atoms with Gasteiger partial charge in [-0.25, -0.2) is 4.18 Å². The van der Waals surface area contributed by atoms with Gasteiger partial charge in [0.1, 0.15) is 30.5 Å². The summed E-state index contributed by atoms with van der Waals surface area (Å²) in [6, 6.07) is 0. The molecular formula is C37H72O12S. The van der Waals surface area contributed by atoms with E-state index in [0.717, 1.165) is 19.3 Å². The van der Waals surface area contributed by atoms with Crippen LogP contribution in [-0.4, -0.2) is 97.5 Å². The maximum absolute atomic E-state index is 12.2. The molecule has 298 valence electrons. The average molecular weight is 741 g/mol. The summed E-state index contributed by atoms with van der Waals surface area (Å²) in [5.74, 6) is -0.449. The van der Waals surface area contributed by atoms with E-state index >= 15 is 0 Å². The molecule has 1 aliphatic rings. The second-order valence-corrected chi connectivity index (χ2v) is 14.9. The van der Waals surface area contributed by atoms with Crippen molar-refractivity contribution in [2.45, 2.75) is 205 Å². The van der Waals surface area contributed by atoms with Crippen molar-refractivity contribution in [3.05, 3.63) is 0 Å². The Morgan fingerprint density at radius 2 is 1.14 bits per heavy atom. The molecule has 50 heavy (non-hydrogen) atoms. The second kappa shape index (κ2) is 30.6. The van der Waals surface area contributed by atoms with E-state index < -0.39 is 59.8 Å². The Labute approximate surface area is 303 Å². The minimum absolute atomic E-state index is 0.0362. The van der Waals surface area contributed by atoms with E-state index in [2.05, 4.69) is 11.1 Å². The van der Waals surface area contributed by atoms with Crippen molar-refractivity contribution >= 4 is 16.4 Å². The highest BCUT2D eigenvalue weighted by Crippen LogP contribution is 2.26. The lowest BCUT2D eigenvalue weighted by molar-refractivity contribution is -0.301. The zero-order chi connectivity index (χ0) is 36.9. The standard InChI is InChI=1S/C37H72O12S/c1-3-5-6-7-8-9-10-11-12-13-14-15-16-17-18-19-20-21-22-23-24-25-27-45-29-31(47-33(39)26-4-2)30-46-37-35(41)36(49-50(42,43)44)34(40)32(28-38)48-37/h31-32,34-38,40-41H,3-30H2,1-2H3,(H,42,43,44). The fraction of sp³-hybridized carbons (Fsp3) is 0.973. The maximum Gasteiger partial charge on any atom is 0.397 e. The van der Waals surface area contributed by atoms with Crippen molar-refractivity contribution in [2.75, 3.05) is 26.4 Å². The van der Waals surface area contributed by atoms with Crippen LogP contribution in [0.5, 0.6) is 0 Å². The van der Waals surface area contributed by atoms with E-state index in [0.29, 0.717) is 13.0 Å². The number of esters is 1. The highest BCUT2D eigenvalue weighted by atomic mass is 32.3. The zero-order valence-electron chi connectivity index (χ0n) is 31.2. The van der Waals surface area contributed by atoms with E-state index in [1.54, 1.807) is 0 Å². The molecule has 0 radical (unpaired) electrons. The van der Waals surface area contributed by atoms with Gasteiger partial charge in [-0.05, 0) is 12.8 Å². The van der Waals surface area contributed by atoms with Crippen molar-refractivity contribution < 1.29 is 56.2 Å². The van der Waals surface area contributed by atoms with Gasteiger partial charge in [-0.1, -0.05) is 149 Å². The second-order valence-electron chi connectivity index (χ2n) is 13.9. The van der Waals surface area contributed by atoms with Crippen molar-refractivity contribution in [1.82, 2.24) is 0 Å². The van der Waals surface area contributed by atoms with E-state index in [1.165, 1.54) is 122 Å². The molecule has 0 bridgehead atoms. The van der Waals surface area contributed by atoms with Gasteiger partial charge in [0.2, 0.25) is 0 Å². The number of unbranched alkanes of at least 4 members (excludes halogenated alkanes) is 21. The Balaban J connectivity index is 2.13. The first kappa shape index (κ1) is 47.1. The van der Waals surface area contributed by atoms with Crippen molar-refractivity contribution in [3.63, 3.8) is 0 Å². The summed E-state index contributed by atoms with van der Waals surface area (Å²) in [7, 11) is -5.04. The van der Waals surface area contributed by atoms with Crippen LogP contribution in [0.15, 0.2) is 0 Å². The Morgan fingerprint density at radius 3 is 1.56 bits per heavy atom. The van der Waals surface area contributed by atoms with Crippen molar-refractivity contribution in [2.24, 2.45) is 0 Å². The van der Waals surface area contributed by atoms with Crippen LogP contribution in [0.1, 0.15) is 168 Å². The first-order valence-electron chi connectivity index (χ1n) is 19.8. The van der Waals surface area contributed by atoms with Crippen LogP contribution in [0.3, 0.4) is 0 Å². The topological polar surface area (TPSA) is 178 Å². The van der Waals surface area contributed by atoms with E-state index in [4.69, 9.17) is 23.5 Å². The fourth-order valence-corrected chi connectivity index (χ4v) is 6.75. The zero-order valence-corrected chi connectivity index (χ0v) is 32.0. The number of rotatable bonds is 34. The van der Waals surface area contributed by atoms with Gasteiger partial charge in [-0.2, -0.15) is 8.42 Å². The summed E-state index contributed by atoms with van der Waals surface area (Å²) in [5.41, 5.74) is 0. The first-order chi connectivity index (χ1) is 24.1. The van der Waals surface area contributed by atoms with Gasteiger partial charge in [0, 0.05) is 13.0 Å². The van der Waals surface area contributed by atoms with Gasteiger partial charge in [0.15, 0.2) is 6.29 Å². The average Bonchev–Trinajstić information content (AvgIpc) is 3.07. The van der Waals surface area contributed by atoms with E-state index in [-0.39, 0.29) is 19.6 Å². The number of ether oxygens (including phenoxy) is 4. The highest BCUT2D eigenvalue weighted by Gasteiger charge is 2.48. The maximum atomic E-state index is 12.2. The van der Waals surface area contributed by atoms with Crippen LogP contribution < -0.4 is 0 Å². The van der Waals surface area contributed by atoms with Gasteiger partial charge in [0.25, 0.3) is 0 Å². The van der Waals surface area contributed by atoms with Gasteiger partial charge in [0.05, 0.1) is 19.8 Å². The molecular weight excluding hydrogens is 668 g/mol. The Hall–Kier alpha value is -0.900. The summed E-state index contributed by atoms with van der Waals surface area (Å²) in [6.07, 6.45) is 20.6. The third-order valence-corrected chi connectivity index (χ3v) is 9.66. The Morgan fingerprint density at radius 1 is 0.680 bits per heavy atom. The molecule has 0 saturated carbocycles. The molecule has 6 atom stereocenters. The molecule has 0 amide bonds. The number of aliphatic hydroxyl groups excluding tert-OH is 3. The molecule has 6 unspecified atom stereocenters. The van der Waals surface area contributed by atoms with Crippen LogP contribution in [0, 0.1) is 0 Å². The fourth-order valence-electron chi connectivity index (χ4n) is 6.24. The summed E-state index contributed by atoms with van der Waals surface area (Å²) >= 11 is 0. The monoisotopic (exact) mass is 740 g/mol. The van der Waals surface area contributed by atoms with Crippen molar-refractivity contribution in [3.8, 4) is 0 Å². The number of carbonyl (C=O) groups excluding carboxylic acids is 1. The minimum Gasteiger partial charge on any atom is -0.457 e. The number of carbonyl (C=O) groups is 1. The lowest BCUT2D eigenvalue weighted by Gasteiger charge is -2.41. The molecule has 0 spiro atoms. The van der Waals surface area contributed by atoms with Crippen LogP contribution in [0.4, 0.5) is 0 Å². The molecule has 0 aromatic carbocycles. The number of aliphatic hydroxyl groups is 3. The molecule has 4 N–H and O–H groups in total. The molecule has 1 aliphatic heterocycles. The van der Waals surface area contributed by atoms with Crippen LogP contribution in [-0.2, 0) is 38.3 Å². The molecule has 1 heterocycles. The Kier molecular flexibility index (Phi) is 28.8. The highest BCUT2D eigenvalue weighted by molar-refractivity contribution is 7.80. The van der Waals surface area contributed by atoms with Crippen molar-refractivity contribution in [1.29, 1.82) is 0 Å². The molecule has 0 aliphatic carbocycles. The normalized spacial score (nSPS) is 21.8. The van der Waals surface area contributed by atoms with Crippen LogP contribution >= 0.6 is 0 Å². The van der Waals surface area contributed by atoms with Gasteiger partial charge < -0.3 is 34.3 Å². The SMILES string of the molecule is CCCCCCCCCCCCCCCCCCCCCCCCOCC(COC1OC(CO)C(O)C(OS(=O)(=O)O)C1O)OC(=O)CCC. The van der Waals surface area contributed by atoms with E-state index in [1.807, 2.05) is 6.92 Å². The molecule has 12 nitrogen and oxygen atoms in total. The molecule has 0 aromatic rings. The van der Waals surface area contributed by atoms with Gasteiger partial charge in [-0.3, -0.25) is 9.35 Å². The number of hydrogen-bond donors (Lipinski definition) is 4. The van der Waals surface area contributed by atoms with Crippen LogP contribution in [0.25, 0.3) is 0 Å². The van der Waals surface area contributed by atoms with Gasteiger partial charge in [-0.15, -0.1) is 0 Å². The molecule has 1 saturated heterocycles. The Bertz CT molecular complexity index is 905. The third-order valence-electron chi connectivity index (χ3n) is 9.20. The van der Waals surface area contributed by atoms with Gasteiger partial charge >= 0.3 is 16.4 Å². The molecule has 13 heteroatoms. The predicted molar refractivity (Wildman–Crippen MR) is 193 cm³/mol. The summed E-state index contributed by atoms with van der Waals surface area (Å²) in [6.45, 7) is 3.61. The first-order valence-corrected chi connectivity index (χ1v) is 21.2. The summed E-state index contributed by atoms with van der Waals surface area (Å²) in [5, 5.41) is 30.2. The quantitative estimate of drug-likeness (QED) is 0.0303. The lowest BCUT2D eigenvalue weighted by atomic mass is 9.99. The predicted octanol–water partition coefficient (Wildman–Crippen LogP) is 6.96. The third kappa shape index (κ3) is 24.4. The molecule has 0 aromatic heterocycles. The van der Waals surface area contributed by atoms with E-state index in [9.17, 15) is 28.5 Å². The largest absolute Gasteiger partial charge is 0.457 e. The van der Waals surface area contributed by atoms with Crippen LogP contribution in [0.2, 0.25) is 0 Å². The number of hydrogen-bond acceptors (Lipinski definition) is 11. The summed E-state index contributed by atoms with van der Waals surface area (Å²) in [4.78, 5) is 12.2. The smallest absolute Gasteiger partial charge is 0.397 e. The lowest BCUT2D eigenvalue weighted by Crippen LogP contribution is -2.60.